The quantitative estimate of drug-likeness (QED) is 0.784. The molecular formula is C16H26FNO. The van der Waals surface area contributed by atoms with Crippen LogP contribution in [0.4, 0.5) is 4.39 Å². The lowest BCUT2D eigenvalue weighted by molar-refractivity contribution is 0.205. The number of nitrogens with one attached hydrogen (secondary N) is 1. The number of benzene rings is 1. The molecule has 1 N–H and O–H groups in total. The molecule has 0 aliphatic carbocycles. The van der Waals surface area contributed by atoms with Gasteiger partial charge in [-0.05, 0) is 65.6 Å². The van der Waals surface area contributed by atoms with Crippen LogP contribution in [0.2, 0.25) is 0 Å². The maximum Gasteiger partial charge on any atom is 0.129 e. The molecule has 1 atom stereocenters. The van der Waals surface area contributed by atoms with Gasteiger partial charge in [-0.1, -0.05) is 6.07 Å². The first kappa shape index (κ1) is 16.0. The van der Waals surface area contributed by atoms with Gasteiger partial charge in [-0.3, -0.25) is 0 Å². The van der Waals surface area contributed by atoms with Crippen LogP contribution >= 0.6 is 0 Å². The molecule has 0 bridgehead atoms. The summed E-state index contributed by atoms with van der Waals surface area (Å²) in [6, 6.07) is 5.03. The normalized spacial score (nSPS) is 13.4. The minimum Gasteiger partial charge on any atom is -0.491 e. The maximum absolute atomic E-state index is 13.4. The van der Waals surface area contributed by atoms with Gasteiger partial charge in [0.05, 0.1) is 6.10 Å². The van der Waals surface area contributed by atoms with Crippen molar-refractivity contribution in [3.05, 3.63) is 29.6 Å². The third-order valence-corrected chi connectivity index (χ3v) is 2.92. The summed E-state index contributed by atoms with van der Waals surface area (Å²) in [4.78, 5) is 0. The fraction of sp³-hybridized carbons (Fsp3) is 0.625. The van der Waals surface area contributed by atoms with E-state index >= 15 is 0 Å². The second kappa shape index (κ2) is 6.90. The first-order valence-corrected chi connectivity index (χ1v) is 6.96. The second-order valence-electron chi connectivity index (χ2n) is 6.16. The van der Waals surface area contributed by atoms with Crippen LogP contribution in [0.1, 0.15) is 46.1 Å². The van der Waals surface area contributed by atoms with Crippen molar-refractivity contribution in [2.45, 2.75) is 59.1 Å². The largest absolute Gasteiger partial charge is 0.491 e. The number of hydrogen-bond acceptors (Lipinski definition) is 2. The first-order chi connectivity index (χ1) is 8.78. The molecule has 0 radical (unpaired) electrons. The third-order valence-electron chi connectivity index (χ3n) is 2.92. The molecule has 3 heteroatoms. The molecule has 1 rings (SSSR count). The Morgan fingerprint density at radius 3 is 2.58 bits per heavy atom. The van der Waals surface area contributed by atoms with E-state index in [9.17, 15) is 4.39 Å². The number of hydrogen-bond donors (Lipinski definition) is 1. The Kier molecular flexibility index (Phi) is 5.80. The zero-order valence-electron chi connectivity index (χ0n) is 12.7. The standard InChI is InChI=1S/C16H26FNO/c1-12-8-9-14(11-15(12)17)19-13(2)7-6-10-18-16(3,4)5/h8-9,11,13,18H,6-7,10H2,1-5H3. The summed E-state index contributed by atoms with van der Waals surface area (Å²) in [6.45, 7) is 11.2. The molecule has 1 aromatic rings. The van der Waals surface area contributed by atoms with Crippen molar-refractivity contribution in [1.29, 1.82) is 0 Å². The molecule has 2 nitrogen and oxygen atoms in total. The predicted molar refractivity (Wildman–Crippen MR) is 78.2 cm³/mol. The van der Waals surface area contributed by atoms with Crippen LogP contribution < -0.4 is 10.1 Å². The van der Waals surface area contributed by atoms with Gasteiger partial charge >= 0.3 is 0 Å². The van der Waals surface area contributed by atoms with Gasteiger partial charge in [0.1, 0.15) is 11.6 Å². The smallest absolute Gasteiger partial charge is 0.129 e. The highest BCUT2D eigenvalue weighted by Gasteiger charge is 2.09. The van der Waals surface area contributed by atoms with E-state index in [0.29, 0.717) is 11.3 Å². The van der Waals surface area contributed by atoms with Gasteiger partial charge in [-0.2, -0.15) is 0 Å². The Hall–Kier alpha value is -1.09. The molecule has 19 heavy (non-hydrogen) atoms. The van der Waals surface area contributed by atoms with E-state index in [1.807, 2.05) is 13.0 Å². The van der Waals surface area contributed by atoms with Crippen molar-refractivity contribution in [2.24, 2.45) is 0 Å². The molecular weight excluding hydrogens is 241 g/mol. The lowest BCUT2D eigenvalue weighted by atomic mass is 10.1. The minimum atomic E-state index is -0.209. The third kappa shape index (κ3) is 6.58. The monoisotopic (exact) mass is 267 g/mol. The summed E-state index contributed by atoms with van der Waals surface area (Å²) in [6.07, 6.45) is 2.11. The van der Waals surface area contributed by atoms with Crippen molar-refractivity contribution in [3.8, 4) is 5.75 Å². The van der Waals surface area contributed by atoms with Gasteiger partial charge in [0, 0.05) is 11.6 Å². The zero-order valence-corrected chi connectivity index (χ0v) is 12.7. The molecule has 0 aliphatic heterocycles. The molecule has 0 aromatic heterocycles. The van der Waals surface area contributed by atoms with Gasteiger partial charge in [0.15, 0.2) is 0 Å². The SMILES string of the molecule is Cc1ccc(OC(C)CCCNC(C)(C)C)cc1F. The van der Waals surface area contributed by atoms with Crippen LogP contribution in [0.3, 0.4) is 0 Å². The van der Waals surface area contributed by atoms with Gasteiger partial charge in [0.2, 0.25) is 0 Å². The summed E-state index contributed by atoms with van der Waals surface area (Å²) in [5, 5.41) is 3.44. The van der Waals surface area contributed by atoms with E-state index in [0.717, 1.165) is 19.4 Å². The molecule has 1 aromatic carbocycles. The van der Waals surface area contributed by atoms with Crippen molar-refractivity contribution in [3.63, 3.8) is 0 Å². The van der Waals surface area contributed by atoms with Crippen LogP contribution in [0.25, 0.3) is 0 Å². The molecule has 108 valence electrons. The van der Waals surface area contributed by atoms with E-state index in [-0.39, 0.29) is 17.5 Å². The van der Waals surface area contributed by atoms with Crippen molar-refractivity contribution in [2.75, 3.05) is 6.54 Å². The van der Waals surface area contributed by atoms with Crippen molar-refractivity contribution < 1.29 is 9.13 Å². The average Bonchev–Trinajstić information content (AvgIpc) is 2.28. The molecule has 0 aliphatic rings. The molecule has 0 heterocycles. The van der Waals surface area contributed by atoms with Crippen LogP contribution in [-0.4, -0.2) is 18.2 Å². The molecule has 0 saturated carbocycles. The van der Waals surface area contributed by atoms with Crippen LogP contribution in [0.15, 0.2) is 18.2 Å². The van der Waals surface area contributed by atoms with E-state index in [4.69, 9.17) is 4.74 Å². The summed E-state index contributed by atoms with van der Waals surface area (Å²) >= 11 is 0. The fourth-order valence-corrected chi connectivity index (χ4v) is 1.79. The topological polar surface area (TPSA) is 21.3 Å². The lowest BCUT2D eigenvalue weighted by Gasteiger charge is -2.21. The van der Waals surface area contributed by atoms with E-state index in [2.05, 4.69) is 26.1 Å². The Morgan fingerprint density at radius 2 is 2.00 bits per heavy atom. The zero-order chi connectivity index (χ0) is 14.5. The highest BCUT2D eigenvalue weighted by atomic mass is 19.1. The average molecular weight is 267 g/mol. The fourth-order valence-electron chi connectivity index (χ4n) is 1.79. The highest BCUT2D eigenvalue weighted by molar-refractivity contribution is 5.28. The lowest BCUT2D eigenvalue weighted by Crippen LogP contribution is -2.36. The summed E-state index contributed by atoms with van der Waals surface area (Å²) in [5.41, 5.74) is 0.804. The molecule has 0 saturated heterocycles. The van der Waals surface area contributed by atoms with Crippen LogP contribution in [0, 0.1) is 12.7 Å². The van der Waals surface area contributed by atoms with Crippen LogP contribution in [0.5, 0.6) is 5.75 Å². The summed E-state index contributed by atoms with van der Waals surface area (Å²) < 4.78 is 19.1. The van der Waals surface area contributed by atoms with Crippen LogP contribution in [-0.2, 0) is 0 Å². The number of ether oxygens (including phenoxy) is 1. The molecule has 0 amide bonds. The summed E-state index contributed by atoms with van der Waals surface area (Å²) in [7, 11) is 0. The molecule has 0 fully saturated rings. The maximum atomic E-state index is 13.4. The van der Waals surface area contributed by atoms with Crippen molar-refractivity contribution >= 4 is 0 Å². The number of halogens is 1. The predicted octanol–water partition coefficient (Wildman–Crippen LogP) is 4.07. The summed E-state index contributed by atoms with van der Waals surface area (Å²) in [5.74, 6) is 0.401. The van der Waals surface area contributed by atoms with E-state index in [1.165, 1.54) is 6.07 Å². The van der Waals surface area contributed by atoms with E-state index < -0.39 is 0 Å². The van der Waals surface area contributed by atoms with E-state index in [1.54, 1.807) is 13.0 Å². The minimum absolute atomic E-state index is 0.101. The number of rotatable bonds is 6. The molecule has 1 unspecified atom stereocenters. The highest BCUT2D eigenvalue weighted by Crippen LogP contribution is 2.18. The Bertz CT molecular complexity index is 398. The van der Waals surface area contributed by atoms with Gasteiger partial charge in [-0.25, -0.2) is 4.39 Å². The Balaban J connectivity index is 2.31. The van der Waals surface area contributed by atoms with Gasteiger partial charge in [-0.15, -0.1) is 0 Å². The van der Waals surface area contributed by atoms with Gasteiger partial charge < -0.3 is 10.1 Å². The van der Waals surface area contributed by atoms with Crippen molar-refractivity contribution in [1.82, 2.24) is 5.32 Å². The Morgan fingerprint density at radius 1 is 1.32 bits per heavy atom. The number of aryl methyl sites for hydroxylation is 1. The second-order valence-corrected chi connectivity index (χ2v) is 6.16. The van der Waals surface area contributed by atoms with Gasteiger partial charge in [0.25, 0.3) is 0 Å². The Labute approximate surface area is 116 Å². The first-order valence-electron chi connectivity index (χ1n) is 6.96. The molecule has 0 spiro atoms.